The summed E-state index contributed by atoms with van der Waals surface area (Å²) in [6, 6.07) is 0. The molecular weight excluding hydrogens is 128 g/mol. The maximum atomic E-state index is 4.97. The molecule has 0 aromatic heterocycles. The normalized spacial score (nSPS) is 17.3. The quantitative estimate of drug-likeness (QED) is 0.569. The van der Waals surface area contributed by atoms with Gasteiger partial charge in [-0.15, -0.1) is 0 Å². The first-order valence-corrected chi connectivity index (χ1v) is 4.38. The topological polar surface area (TPSA) is 0 Å². The Labute approximate surface area is 64.4 Å². The minimum absolute atomic E-state index is 0.736. The lowest BCUT2D eigenvalue weighted by atomic mass is 9.93. The van der Waals surface area contributed by atoms with E-state index in [4.69, 9.17) is 12.6 Å². The summed E-state index contributed by atoms with van der Waals surface area (Å²) in [6.45, 7) is 6.76. The minimum atomic E-state index is 0.736. The van der Waals surface area contributed by atoms with Gasteiger partial charge >= 0.3 is 0 Å². The van der Waals surface area contributed by atoms with Crippen LogP contribution in [0.5, 0.6) is 0 Å². The van der Waals surface area contributed by atoms with E-state index in [1.165, 1.54) is 12.8 Å². The average Bonchev–Trinajstić information content (AvgIpc) is 1.87. The SMILES string of the molecule is CCCC(C)C(C)C[S]. The Bertz CT molecular complexity index is 61.6. The standard InChI is InChI=1S/C8H17S/c1-4-5-7(2)8(3)6-9/h7-8H,4-6H2,1-3H3. The lowest BCUT2D eigenvalue weighted by Crippen LogP contribution is -2.08. The third-order valence-corrected chi connectivity index (χ3v) is 2.50. The van der Waals surface area contributed by atoms with Crippen molar-refractivity contribution in [1.29, 1.82) is 0 Å². The Morgan fingerprint density at radius 2 is 1.78 bits per heavy atom. The second-order valence-corrected chi connectivity index (χ2v) is 3.24. The molecule has 0 aliphatic heterocycles. The molecule has 0 N–H and O–H groups in total. The van der Waals surface area contributed by atoms with Crippen molar-refractivity contribution >= 4 is 12.6 Å². The van der Waals surface area contributed by atoms with E-state index < -0.39 is 0 Å². The molecule has 0 aromatic rings. The van der Waals surface area contributed by atoms with Crippen molar-refractivity contribution in [3.05, 3.63) is 0 Å². The number of rotatable bonds is 4. The zero-order chi connectivity index (χ0) is 7.28. The molecular formula is C8H17S. The van der Waals surface area contributed by atoms with E-state index in [-0.39, 0.29) is 0 Å². The van der Waals surface area contributed by atoms with Gasteiger partial charge in [0.2, 0.25) is 0 Å². The highest BCUT2D eigenvalue weighted by molar-refractivity contribution is 7.80. The highest BCUT2D eigenvalue weighted by Gasteiger charge is 2.08. The van der Waals surface area contributed by atoms with Crippen molar-refractivity contribution in [1.82, 2.24) is 0 Å². The molecule has 0 aromatic carbocycles. The predicted octanol–water partition coefficient (Wildman–Crippen LogP) is 3.26. The van der Waals surface area contributed by atoms with Crippen LogP contribution in [0, 0.1) is 11.8 Å². The van der Waals surface area contributed by atoms with E-state index in [1.54, 1.807) is 0 Å². The molecule has 0 rings (SSSR count). The summed E-state index contributed by atoms with van der Waals surface area (Å²) in [7, 11) is 0. The molecule has 0 spiro atoms. The van der Waals surface area contributed by atoms with Gasteiger partial charge in [-0.25, -0.2) is 0 Å². The first-order valence-electron chi connectivity index (χ1n) is 3.80. The summed E-state index contributed by atoms with van der Waals surface area (Å²) in [5.74, 6) is 2.48. The van der Waals surface area contributed by atoms with E-state index in [1.807, 2.05) is 0 Å². The van der Waals surface area contributed by atoms with Gasteiger partial charge in [0.05, 0.1) is 0 Å². The molecule has 0 saturated heterocycles. The fourth-order valence-corrected chi connectivity index (χ4v) is 1.23. The third-order valence-electron chi connectivity index (χ3n) is 1.98. The lowest BCUT2D eigenvalue weighted by molar-refractivity contribution is 0.395. The van der Waals surface area contributed by atoms with Gasteiger partial charge in [-0.3, -0.25) is 0 Å². The van der Waals surface area contributed by atoms with Crippen molar-refractivity contribution in [3.63, 3.8) is 0 Å². The van der Waals surface area contributed by atoms with Gasteiger partial charge in [0.15, 0.2) is 0 Å². The molecule has 0 saturated carbocycles. The predicted molar refractivity (Wildman–Crippen MR) is 45.7 cm³/mol. The van der Waals surface area contributed by atoms with Crippen LogP contribution in [0.15, 0.2) is 0 Å². The van der Waals surface area contributed by atoms with Crippen LogP contribution in [-0.4, -0.2) is 5.75 Å². The fraction of sp³-hybridized carbons (Fsp3) is 1.00. The minimum Gasteiger partial charge on any atom is -0.0939 e. The molecule has 1 heteroatoms. The van der Waals surface area contributed by atoms with E-state index in [0.29, 0.717) is 0 Å². The molecule has 0 bridgehead atoms. The Hall–Kier alpha value is 0.350. The van der Waals surface area contributed by atoms with Crippen molar-refractivity contribution in [2.24, 2.45) is 11.8 Å². The van der Waals surface area contributed by atoms with E-state index in [2.05, 4.69) is 20.8 Å². The van der Waals surface area contributed by atoms with Crippen LogP contribution >= 0.6 is 12.6 Å². The van der Waals surface area contributed by atoms with Crippen LogP contribution in [0.2, 0.25) is 0 Å². The molecule has 0 amide bonds. The zero-order valence-corrected chi connectivity index (χ0v) is 7.50. The number of hydrogen-bond acceptors (Lipinski definition) is 0. The molecule has 2 atom stereocenters. The van der Waals surface area contributed by atoms with Gasteiger partial charge in [-0.2, -0.15) is 0 Å². The van der Waals surface area contributed by atoms with Crippen molar-refractivity contribution in [3.8, 4) is 0 Å². The smallest absolute Gasteiger partial charge is 0.00652 e. The van der Waals surface area contributed by atoms with Crippen molar-refractivity contribution in [2.75, 3.05) is 5.75 Å². The highest BCUT2D eigenvalue weighted by Crippen LogP contribution is 2.17. The van der Waals surface area contributed by atoms with Crippen molar-refractivity contribution in [2.45, 2.75) is 33.6 Å². The molecule has 0 aliphatic carbocycles. The highest BCUT2D eigenvalue weighted by atomic mass is 32.1. The first kappa shape index (κ1) is 9.35. The van der Waals surface area contributed by atoms with Crippen molar-refractivity contribution < 1.29 is 0 Å². The summed E-state index contributed by atoms with van der Waals surface area (Å²) in [5, 5.41) is 0. The molecule has 1 radical (unpaired) electrons. The molecule has 0 aliphatic rings. The lowest BCUT2D eigenvalue weighted by Gasteiger charge is -2.15. The van der Waals surface area contributed by atoms with E-state index in [9.17, 15) is 0 Å². The monoisotopic (exact) mass is 145 g/mol. The second-order valence-electron chi connectivity index (χ2n) is 2.91. The van der Waals surface area contributed by atoms with Gasteiger partial charge in [0.1, 0.15) is 0 Å². The Balaban J connectivity index is 3.32. The van der Waals surface area contributed by atoms with Crippen LogP contribution in [0.25, 0.3) is 0 Å². The maximum Gasteiger partial charge on any atom is 0.00652 e. The Morgan fingerprint density at radius 1 is 1.22 bits per heavy atom. The first-order chi connectivity index (χ1) is 4.22. The molecule has 55 valence electrons. The van der Waals surface area contributed by atoms with Gasteiger partial charge < -0.3 is 0 Å². The zero-order valence-electron chi connectivity index (χ0n) is 6.68. The largest absolute Gasteiger partial charge is 0.0939 e. The van der Waals surface area contributed by atoms with Gasteiger partial charge in [-0.1, -0.05) is 46.2 Å². The molecule has 9 heavy (non-hydrogen) atoms. The Morgan fingerprint density at radius 3 is 2.11 bits per heavy atom. The van der Waals surface area contributed by atoms with Gasteiger partial charge in [-0.05, 0) is 11.8 Å². The summed E-state index contributed by atoms with van der Waals surface area (Å²) in [6.07, 6.45) is 2.62. The summed E-state index contributed by atoms with van der Waals surface area (Å²) >= 11 is 4.97. The Kier molecular flexibility index (Phi) is 5.36. The van der Waals surface area contributed by atoms with Crippen LogP contribution in [0.3, 0.4) is 0 Å². The molecule has 0 fully saturated rings. The van der Waals surface area contributed by atoms with E-state index in [0.717, 1.165) is 17.6 Å². The average molecular weight is 145 g/mol. The molecule has 2 unspecified atom stereocenters. The third kappa shape index (κ3) is 3.85. The summed E-state index contributed by atoms with van der Waals surface area (Å²) in [5.41, 5.74) is 0. The molecule has 0 nitrogen and oxygen atoms in total. The summed E-state index contributed by atoms with van der Waals surface area (Å²) < 4.78 is 0. The summed E-state index contributed by atoms with van der Waals surface area (Å²) in [4.78, 5) is 0. The van der Waals surface area contributed by atoms with E-state index >= 15 is 0 Å². The molecule has 0 heterocycles. The van der Waals surface area contributed by atoms with Crippen LogP contribution < -0.4 is 0 Å². The number of hydrogen-bond donors (Lipinski definition) is 0. The van der Waals surface area contributed by atoms with Crippen LogP contribution in [0.1, 0.15) is 33.6 Å². The maximum absolute atomic E-state index is 4.97. The van der Waals surface area contributed by atoms with Crippen LogP contribution in [-0.2, 0) is 0 Å². The van der Waals surface area contributed by atoms with Gasteiger partial charge in [0.25, 0.3) is 0 Å². The fourth-order valence-electron chi connectivity index (χ4n) is 0.904. The van der Waals surface area contributed by atoms with Gasteiger partial charge in [0, 0.05) is 5.75 Å². The second kappa shape index (κ2) is 5.16. The van der Waals surface area contributed by atoms with Crippen LogP contribution in [0.4, 0.5) is 0 Å².